The van der Waals surface area contributed by atoms with E-state index in [9.17, 15) is 4.79 Å². The molecule has 0 saturated carbocycles. The first-order valence-corrected chi connectivity index (χ1v) is 11.1. The highest BCUT2D eigenvalue weighted by molar-refractivity contribution is 7.99. The Kier molecular flexibility index (Phi) is 5.40. The minimum Gasteiger partial charge on any atom is -0.485 e. The number of ketones is 1. The highest BCUT2D eigenvalue weighted by Crippen LogP contribution is 2.36. The molecular formula is C23H20N4O4S. The van der Waals surface area contributed by atoms with E-state index >= 15 is 0 Å². The molecule has 0 spiro atoms. The van der Waals surface area contributed by atoms with Crippen LogP contribution < -0.4 is 9.47 Å². The monoisotopic (exact) mass is 448 g/mol. The number of aryl methyl sites for hydroxylation is 1. The summed E-state index contributed by atoms with van der Waals surface area (Å²) >= 11 is 1.20. The minimum atomic E-state index is -0.486. The van der Waals surface area contributed by atoms with Crippen molar-refractivity contribution in [1.82, 2.24) is 19.7 Å². The number of nitrogens with zero attached hydrogens (tertiary/aromatic N) is 4. The highest BCUT2D eigenvalue weighted by Gasteiger charge is 2.27. The molecule has 0 bridgehead atoms. The van der Waals surface area contributed by atoms with Crippen molar-refractivity contribution in [2.45, 2.75) is 25.2 Å². The van der Waals surface area contributed by atoms with Crippen molar-refractivity contribution in [2.75, 3.05) is 12.4 Å². The van der Waals surface area contributed by atoms with Crippen molar-refractivity contribution in [3.05, 3.63) is 77.6 Å². The average Bonchev–Trinajstić information content (AvgIpc) is 3.42. The van der Waals surface area contributed by atoms with Crippen LogP contribution in [0.3, 0.4) is 0 Å². The van der Waals surface area contributed by atoms with Crippen LogP contribution in [0, 0.1) is 13.8 Å². The standard InChI is InChI=1S/C23H20N4O4S/c1-14-11-16(15(2)27(14)21-9-5-6-10-24-21)17(28)13-32-23-26-25-22(31-23)20-12-29-18-7-3-4-8-19(18)30-20/h3-11,20H,12-13H2,1-2H3. The van der Waals surface area contributed by atoms with E-state index in [2.05, 4.69) is 15.2 Å². The van der Waals surface area contributed by atoms with E-state index in [1.54, 1.807) is 6.20 Å². The lowest BCUT2D eigenvalue weighted by Gasteiger charge is -2.23. The van der Waals surface area contributed by atoms with Gasteiger partial charge in [-0.15, -0.1) is 10.2 Å². The molecule has 8 nitrogen and oxygen atoms in total. The Hall–Kier alpha value is -3.59. The van der Waals surface area contributed by atoms with Gasteiger partial charge in [0.25, 0.3) is 11.1 Å². The molecule has 1 unspecified atom stereocenters. The van der Waals surface area contributed by atoms with Gasteiger partial charge in [0, 0.05) is 23.1 Å². The number of aromatic nitrogens is 4. The van der Waals surface area contributed by atoms with Gasteiger partial charge in [0.1, 0.15) is 12.4 Å². The van der Waals surface area contributed by atoms with Gasteiger partial charge in [-0.2, -0.15) is 0 Å². The molecule has 0 saturated heterocycles. The lowest BCUT2D eigenvalue weighted by molar-refractivity contribution is 0.0686. The van der Waals surface area contributed by atoms with Gasteiger partial charge in [-0.3, -0.25) is 4.79 Å². The predicted molar refractivity (Wildman–Crippen MR) is 118 cm³/mol. The quantitative estimate of drug-likeness (QED) is 0.317. The van der Waals surface area contributed by atoms with Crippen LogP contribution in [-0.4, -0.2) is 37.9 Å². The van der Waals surface area contributed by atoms with E-state index in [0.717, 1.165) is 17.2 Å². The van der Waals surface area contributed by atoms with Crippen molar-refractivity contribution < 1.29 is 18.7 Å². The molecule has 32 heavy (non-hydrogen) atoms. The summed E-state index contributed by atoms with van der Waals surface area (Å²) in [5, 5.41) is 8.44. The molecule has 9 heteroatoms. The molecule has 1 atom stereocenters. The highest BCUT2D eigenvalue weighted by atomic mass is 32.2. The van der Waals surface area contributed by atoms with E-state index in [1.807, 2.05) is 66.9 Å². The van der Waals surface area contributed by atoms with E-state index in [-0.39, 0.29) is 18.1 Å². The number of pyridine rings is 1. The maximum absolute atomic E-state index is 12.9. The third-order valence-corrected chi connectivity index (χ3v) is 5.96. The van der Waals surface area contributed by atoms with Gasteiger partial charge < -0.3 is 18.5 Å². The number of ether oxygens (including phenoxy) is 2. The van der Waals surface area contributed by atoms with E-state index in [4.69, 9.17) is 13.9 Å². The number of carbonyl (C=O) groups is 1. The summed E-state index contributed by atoms with van der Waals surface area (Å²) in [5.41, 5.74) is 2.45. The molecule has 0 fully saturated rings. The number of hydrogen-bond acceptors (Lipinski definition) is 8. The van der Waals surface area contributed by atoms with Crippen molar-refractivity contribution in [1.29, 1.82) is 0 Å². The number of benzene rings is 1. The number of Topliss-reactive ketones (excluding diaryl/α,β-unsaturated/α-hetero) is 1. The molecule has 0 N–H and O–H groups in total. The Morgan fingerprint density at radius 3 is 2.75 bits per heavy atom. The Morgan fingerprint density at radius 2 is 1.94 bits per heavy atom. The third kappa shape index (κ3) is 3.87. The first-order valence-electron chi connectivity index (χ1n) is 10.1. The van der Waals surface area contributed by atoms with E-state index < -0.39 is 6.10 Å². The lowest BCUT2D eigenvalue weighted by atomic mass is 10.2. The first-order chi connectivity index (χ1) is 15.6. The zero-order valence-corrected chi connectivity index (χ0v) is 18.3. The summed E-state index contributed by atoms with van der Waals surface area (Å²) in [6.45, 7) is 4.16. The molecule has 1 aliphatic heterocycles. The number of thioether (sulfide) groups is 1. The van der Waals surface area contributed by atoms with Crippen molar-refractivity contribution in [2.24, 2.45) is 0 Å². The third-order valence-electron chi connectivity index (χ3n) is 5.14. The van der Waals surface area contributed by atoms with Gasteiger partial charge in [-0.1, -0.05) is 30.0 Å². The molecule has 162 valence electrons. The summed E-state index contributed by atoms with van der Waals surface area (Å²) in [6.07, 6.45) is 1.25. The number of hydrogen-bond donors (Lipinski definition) is 0. The summed E-state index contributed by atoms with van der Waals surface area (Å²) in [5.74, 6) is 2.59. The van der Waals surface area contributed by atoms with Crippen LogP contribution in [0.15, 0.2) is 64.4 Å². The Labute approximate surface area is 188 Å². The van der Waals surface area contributed by atoms with Crippen LogP contribution in [0.25, 0.3) is 5.82 Å². The van der Waals surface area contributed by atoms with Gasteiger partial charge in [0.15, 0.2) is 17.3 Å². The Morgan fingerprint density at radius 1 is 1.12 bits per heavy atom. The molecule has 5 rings (SSSR count). The lowest BCUT2D eigenvalue weighted by Crippen LogP contribution is -2.21. The normalized spacial score (nSPS) is 15.0. The molecule has 1 aliphatic rings. The fourth-order valence-corrected chi connectivity index (χ4v) is 4.29. The largest absolute Gasteiger partial charge is 0.485 e. The first kappa shape index (κ1) is 20.3. The van der Waals surface area contributed by atoms with Gasteiger partial charge in [0.05, 0.1) is 5.75 Å². The minimum absolute atomic E-state index is 0.0174. The van der Waals surface area contributed by atoms with E-state index in [1.165, 1.54) is 11.8 Å². The SMILES string of the molecule is Cc1cc(C(=O)CSc2nnc(C3COc4ccccc4O3)o2)c(C)n1-c1ccccn1. The zero-order chi connectivity index (χ0) is 22.1. The number of fused-ring (bicyclic) bond motifs is 1. The smallest absolute Gasteiger partial charge is 0.277 e. The molecule has 3 aromatic heterocycles. The van der Waals surface area contributed by atoms with Crippen LogP contribution in [0.2, 0.25) is 0 Å². The molecule has 0 amide bonds. The maximum Gasteiger partial charge on any atom is 0.277 e. The van der Waals surface area contributed by atoms with E-state index in [0.29, 0.717) is 28.2 Å². The average molecular weight is 449 g/mol. The van der Waals surface area contributed by atoms with Crippen molar-refractivity contribution in [3.63, 3.8) is 0 Å². The molecule has 4 heterocycles. The Balaban J connectivity index is 1.26. The van der Waals surface area contributed by atoms with Gasteiger partial charge in [-0.05, 0) is 44.2 Å². The summed E-state index contributed by atoms with van der Waals surface area (Å²) in [7, 11) is 0. The van der Waals surface area contributed by atoms with Crippen LogP contribution in [0.5, 0.6) is 11.5 Å². The van der Waals surface area contributed by atoms with Gasteiger partial charge >= 0.3 is 0 Å². The fraction of sp³-hybridized carbons (Fsp3) is 0.217. The summed E-state index contributed by atoms with van der Waals surface area (Å²) in [4.78, 5) is 17.3. The van der Waals surface area contributed by atoms with Gasteiger partial charge in [-0.25, -0.2) is 4.98 Å². The van der Waals surface area contributed by atoms with Crippen molar-refractivity contribution in [3.8, 4) is 17.3 Å². The molecule has 4 aromatic rings. The second kappa shape index (κ2) is 8.51. The molecule has 1 aromatic carbocycles. The van der Waals surface area contributed by atoms with Crippen LogP contribution in [-0.2, 0) is 0 Å². The molecule has 0 aliphatic carbocycles. The number of rotatable bonds is 6. The van der Waals surface area contributed by atoms with Crippen LogP contribution >= 0.6 is 11.8 Å². The molecule has 0 radical (unpaired) electrons. The second-order valence-electron chi connectivity index (χ2n) is 7.29. The molecular weight excluding hydrogens is 428 g/mol. The van der Waals surface area contributed by atoms with Crippen LogP contribution in [0.1, 0.15) is 33.7 Å². The predicted octanol–water partition coefficient (Wildman–Crippen LogP) is 4.36. The Bertz CT molecular complexity index is 1270. The maximum atomic E-state index is 12.9. The fourth-order valence-electron chi connectivity index (χ4n) is 3.64. The summed E-state index contributed by atoms with van der Waals surface area (Å²) in [6, 6.07) is 15.0. The van der Waals surface area contributed by atoms with Gasteiger partial charge in [0.2, 0.25) is 6.10 Å². The summed E-state index contributed by atoms with van der Waals surface area (Å²) < 4.78 is 19.3. The zero-order valence-electron chi connectivity index (χ0n) is 17.5. The van der Waals surface area contributed by atoms with Crippen molar-refractivity contribution >= 4 is 17.5 Å². The van der Waals surface area contributed by atoms with Crippen LogP contribution in [0.4, 0.5) is 0 Å². The number of para-hydroxylation sites is 2. The second-order valence-corrected chi connectivity index (χ2v) is 8.22. The number of carbonyl (C=O) groups excluding carboxylic acids is 1. The topological polar surface area (TPSA) is 92.3 Å².